The summed E-state index contributed by atoms with van der Waals surface area (Å²) in [5.74, 6) is -0.695. The smallest absolute Gasteiger partial charge is 0.408 e. The predicted octanol–water partition coefficient (Wildman–Crippen LogP) is 6.11. The monoisotopic (exact) mass is 505 g/mol. The molecule has 0 unspecified atom stereocenters. The van der Waals surface area contributed by atoms with Crippen LogP contribution in [0.25, 0.3) is 22.1 Å². The van der Waals surface area contributed by atoms with Crippen molar-refractivity contribution >= 4 is 34.6 Å². The summed E-state index contributed by atoms with van der Waals surface area (Å²) in [7, 11) is 0. The van der Waals surface area contributed by atoms with Gasteiger partial charge in [-0.3, -0.25) is 0 Å². The van der Waals surface area contributed by atoms with Gasteiger partial charge < -0.3 is 19.2 Å². The van der Waals surface area contributed by atoms with E-state index >= 15 is 0 Å². The van der Waals surface area contributed by atoms with Crippen molar-refractivity contribution in [3.8, 4) is 16.9 Å². The first-order valence-corrected chi connectivity index (χ1v) is 11.8. The molecule has 8 heteroatoms. The Bertz CT molecular complexity index is 1420. The summed E-state index contributed by atoms with van der Waals surface area (Å²) in [6.07, 6.45) is 0.203. The molecule has 0 saturated carbocycles. The molecule has 36 heavy (non-hydrogen) atoms. The summed E-state index contributed by atoms with van der Waals surface area (Å²) < 4.78 is 16.1. The van der Waals surface area contributed by atoms with Crippen molar-refractivity contribution in [2.75, 3.05) is 0 Å². The molecule has 0 radical (unpaired) electrons. The lowest BCUT2D eigenvalue weighted by atomic mass is 10.0. The van der Waals surface area contributed by atoms with E-state index in [1.807, 2.05) is 67.6 Å². The highest BCUT2D eigenvalue weighted by Crippen LogP contribution is 2.35. The van der Waals surface area contributed by atoms with Crippen molar-refractivity contribution in [3.05, 3.63) is 99.9 Å². The second kappa shape index (κ2) is 11.6. The molecule has 3 aromatic carbocycles. The molecule has 0 aliphatic rings. The average Bonchev–Trinajstić information content (AvgIpc) is 2.88. The normalized spacial score (nSPS) is 11.6. The molecular weight excluding hydrogens is 482 g/mol. The zero-order chi connectivity index (χ0) is 25.5. The average molecular weight is 506 g/mol. The summed E-state index contributed by atoms with van der Waals surface area (Å²) in [5.41, 5.74) is 1.95. The lowest BCUT2D eigenvalue weighted by Gasteiger charge is -2.17. The Hall–Kier alpha value is -4.10. The number of benzene rings is 3. The van der Waals surface area contributed by atoms with Crippen molar-refractivity contribution in [3.63, 3.8) is 0 Å². The number of halogens is 1. The molecule has 4 rings (SSSR count). The molecule has 1 amide bonds. The SMILES string of the molecule is CCC[C@H](NC(=O)OCc1ccccc1)C(=O)Oc1cc2oc(=O)cc(-c3ccccc3)c2cc1Cl. The van der Waals surface area contributed by atoms with Crippen LogP contribution >= 0.6 is 11.6 Å². The zero-order valence-electron chi connectivity index (χ0n) is 19.5. The summed E-state index contributed by atoms with van der Waals surface area (Å²) in [6, 6.07) is 22.0. The molecule has 0 saturated heterocycles. The summed E-state index contributed by atoms with van der Waals surface area (Å²) in [6.45, 7) is 1.94. The number of hydrogen-bond donors (Lipinski definition) is 1. The van der Waals surface area contributed by atoms with Gasteiger partial charge >= 0.3 is 17.7 Å². The van der Waals surface area contributed by atoms with Gasteiger partial charge in [-0.25, -0.2) is 14.4 Å². The van der Waals surface area contributed by atoms with Crippen LogP contribution < -0.4 is 15.7 Å². The minimum absolute atomic E-state index is 0.0167. The summed E-state index contributed by atoms with van der Waals surface area (Å²) in [4.78, 5) is 37.4. The van der Waals surface area contributed by atoms with Gasteiger partial charge in [0.1, 0.15) is 18.2 Å². The van der Waals surface area contributed by atoms with Crippen LogP contribution in [0, 0.1) is 0 Å². The third-order valence-corrected chi connectivity index (χ3v) is 5.75. The van der Waals surface area contributed by atoms with Gasteiger partial charge in [0.15, 0.2) is 5.75 Å². The van der Waals surface area contributed by atoms with Crippen LogP contribution in [0.4, 0.5) is 4.79 Å². The van der Waals surface area contributed by atoms with E-state index in [1.165, 1.54) is 12.1 Å². The van der Waals surface area contributed by atoms with Crippen LogP contribution in [0.2, 0.25) is 5.02 Å². The molecule has 1 aromatic heterocycles. The lowest BCUT2D eigenvalue weighted by Crippen LogP contribution is -2.43. The number of nitrogens with one attached hydrogen (secondary N) is 1. The predicted molar refractivity (Wildman–Crippen MR) is 137 cm³/mol. The molecule has 0 aliphatic carbocycles. The summed E-state index contributed by atoms with van der Waals surface area (Å²) >= 11 is 6.44. The fourth-order valence-electron chi connectivity index (χ4n) is 3.72. The zero-order valence-corrected chi connectivity index (χ0v) is 20.3. The number of hydrogen-bond acceptors (Lipinski definition) is 6. The Morgan fingerprint density at radius 2 is 1.69 bits per heavy atom. The second-order valence-corrected chi connectivity index (χ2v) is 8.50. The number of ether oxygens (including phenoxy) is 2. The van der Waals surface area contributed by atoms with Crippen molar-refractivity contribution in [2.24, 2.45) is 0 Å². The van der Waals surface area contributed by atoms with Crippen molar-refractivity contribution in [1.82, 2.24) is 5.32 Å². The summed E-state index contributed by atoms with van der Waals surface area (Å²) in [5, 5.41) is 3.30. The molecule has 1 atom stereocenters. The number of carbonyl (C=O) groups is 2. The molecule has 1 N–H and O–H groups in total. The van der Waals surface area contributed by atoms with E-state index in [-0.39, 0.29) is 23.0 Å². The quantitative estimate of drug-likeness (QED) is 0.176. The Morgan fingerprint density at radius 1 is 1.00 bits per heavy atom. The van der Waals surface area contributed by atoms with Crippen LogP contribution in [-0.2, 0) is 16.1 Å². The van der Waals surface area contributed by atoms with E-state index in [0.29, 0.717) is 23.8 Å². The highest BCUT2D eigenvalue weighted by Gasteiger charge is 2.24. The molecule has 1 heterocycles. The van der Waals surface area contributed by atoms with Gasteiger partial charge in [-0.1, -0.05) is 85.6 Å². The van der Waals surface area contributed by atoms with Crippen molar-refractivity contribution < 1.29 is 23.5 Å². The van der Waals surface area contributed by atoms with E-state index in [1.54, 1.807) is 6.07 Å². The van der Waals surface area contributed by atoms with E-state index < -0.39 is 23.7 Å². The molecule has 0 aliphatic heterocycles. The highest BCUT2D eigenvalue weighted by atomic mass is 35.5. The molecule has 7 nitrogen and oxygen atoms in total. The van der Waals surface area contributed by atoms with E-state index in [4.69, 9.17) is 25.5 Å². The largest absolute Gasteiger partial charge is 0.445 e. The van der Waals surface area contributed by atoms with Gasteiger partial charge in [-0.2, -0.15) is 0 Å². The van der Waals surface area contributed by atoms with Gasteiger partial charge in [0, 0.05) is 17.5 Å². The molecule has 0 spiro atoms. The van der Waals surface area contributed by atoms with E-state index in [2.05, 4.69) is 5.32 Å². The van der Waals surface area contributed by atoms with Crippen LogP contribution in [0.3, 0.4) is 0 Å². The van der Waals surface area contributed by atoms with Crippen LogP contribution in [0.15, 0.2) is 88.1 Å². The van der Waals surface area contributed by atoms with Crippen LogP contribution in [0.1, 0.15) is 25.3 Å². The van der Waals surface area contributed by atoms with E-state index in [0.717, 1.165) is 11.1 Å². The number of fused-ring (bicyclic) bond motifs is 1. The maximum absolute atomic E-state index is 12.9. The van der Waals surface area contributed by atoms with Gasteiger partial charge in [0.05, 0.1) is 5.02 Å². The second-order valence-electron chi connectivity index (χ2n) is 8.09. The van der Waals surface area contributed by atoms with Gasteiger partial charge in [0.2, 0.25) is 0 Å². The van der Waals surface area contributed by atoms with E-state index in [9.17, 15) is 14.4 Å². The number of carbonyl (C=O) groups excluding carboxylic acids is 2. The molecule has 4 aromatic rings. The third-order valence-electron chi connectivity index (χ3n) is 5.46. The standard InChI is InChI=1S/C28H24ClNO6/c1-2-9-23(30-28(33)34-17-18-10-5-3-6-11-18)27(32)36-25-16-24-21(14-22(25)29)20(15-26(31)35-24)19-12-7-4-8-13-19/h3-8,10-16,23H,2,9,17H2,1H3,(H,30,33)/t23-/m0/s1. The Labute approximate surface area is 212 Å². The number of rotatable bonds is 8. The van der Waals surface area contributed by atoms with Gasteiger partial charge in [0.25, 0.3) is 0 Å². The van der Waals surface area contributed by atoms with Gasteiger partial charge in [-0.15, -0.1) is 0 Å². The first-order chi connectivity index (χ1) is 17.4. The van der Waals surface area contributed by atoms with Crippen LogP contribution in [0.5, 0.6) is 5.75 Å². The maximum atomic E-state index is 12.9. The fraction of sp³-hybridized carbons (Fsp3) is 0.179. The van der Waals surface area contributed by atoms with Crippen molar-refractivity contribution in [2.45, 2.75) is 32.4 Å². The molecule has 0 bridgehead atoms. The Kier molecular flexibility index (Phi) is 8.02. The number of esters is 1. The van der Waals surface area contributed by atoms with Crippen molar-refractivity contribution in [1.29, 1.82) is 0 Å². The van der Waals surface area contributed by atoms with Crippen LogP contribution in [-0.4, -0.2) is 18.1 Å². The first kappa shape index (κ1) is 25.0. The fourth-order valence-corrected chi connectivity index (χ4v) is 3.92. The topological polar surface area (TPSA) is 94.8 Å². The minimum atomic E-state index is -0.951. The molecule has 184 valence electrons. The maximum Gasteiger partial charge on any atom is 0.408 e. The molecular formula is C28H24ClNO6. The number of alkyl carbamates (subject to hydrolysis) is 1. The van der Waals surface area contributed by atoms with Gasteiger partial charge in [-0.05, 0) is 29.2 Å². The lowest BCUT2D eigenvalue weighted by molar-refractivity contribution is -0.136. The minimum Gasteiger partial charge on any atom is -0.445 e. The highest BCUT2D eigenvalue weighted by molar-refractivity contribution is 6.33. The molecule has 0 fully saturated rings. The third kappa shape index (κ3) is 6.12. The Balaban J connectivity index is 1.52. The first-order valence-electron chi connectivity index (χ1n) is 11.5. The Morgan fingerprint density at radius 3 is 2.39 bits per heavy atom. The number of amides is 1.